The molecule has 10 nitrogen and oxygen atoms in total. The first-order valence-electron chi connectivity index (χ1n) is 9.69. The number of azo groups is 1. The predicted octanol–water partition coefficient (Wildman–Crippen LogP) is 3.56. The van der Waals surface area contributed by atoms with E-state index in [0.717, 1.165) is 41.4 Å². The summed E-state index contributed by atoms with van der Waals surface area (Å²) < 4.78 is 35.0. The van der Waals surface area contributed by atoms with E-state index in [1.807, 2.05) is 49.5 Å². The van der Waals surface area contributed by atoms with Gasteiger partial charge in [-0.1, -0.05) is 11.8 Å². The fourth-order valence-electron chi connectivity index (χ4n) is 2.86. The van der Waals surface area contributed by atoms with Crippen molar-refractivity contribution < 1.29 is 27.0 Å². The lowest BCUT2D eigenvalue weighted by Crippen LogP contribution is -2.25. The van der Waals surface area contributed by atoms with Crippen molar-refractivity contribution in [2.45, 2.75) is 17.3 Å². The van der Waals surface area contributed by atoms with Gasteiger partial charge < -0.3 is 19.6 Å². The molecule has 2 aromatic rings. The van der Waals surface area contributed by atoms with E-state index in [2.05, 4.69) is 31.1 Å². The van der Waals surface area contributed by atoms with Crippen molar-refractivity contribution >= 4 is 39.2 Å². The molecule has 12 heteroatoms. The Morgan fingerprint density at radius 1 is 1.19 bits per heavy atom. The van der Waals surface area contributed by atoms with Gasteiger partial charge in [0.25, 0.3) is 0 Å². The summed E-state index contributed by atoms with van der Waals surface area (Å²) in [4.78, 5) is 5.37. The largest absolute Gasteiger partial charge is 0.497 e. The van der Waals surface area contributed by atoms with Crippen LogP contribution in [0.2, 0.25) is 0 Å². The van der Waals surface area contributed by atoms with Gasteiger partial charge in [0, 0.05) is 30.7 Å². The van der Waals surface area contributed by atoms with E-state index in [-0.39, 0.29) is 12.1 Å². The molecule has 0 amide bonds. The lowest BCUT2D eigenvalue weighted by Gasteiger charge is -2.21. The molecule has 1 aliphatic rings. The van der Waals surface area contributed by atoms with Gasteiger partial charge in [0.1, 0.15) is 5.75 Å². The Morgan fingerprint density at radius 2 is 1.84 bits per heavy atom. The Morgan fingerprint density at radius 3 is 2.38 bits per heavy atom. The molecule has 1 heterocycles. The number of ether oxygens (including phenoxy) is 1. The monoisotopic (exact) mass is 484 g/mol. The molecule has 0 fully saturated rings. The molecule has 2 aromatic carbocycles. The van der Waals surface area contributed by atoms with E-state index >= 15 is 0 Å². The van der Waals surface area contributed by atoms with Crippen molar-refractivity contribution in [1.82, 2.24) is 0 Å². The zero-order valence-electron chi connectivity index (χ0n) is 18.4. The number of hydrogen-bond acceptors (Lipinski definition) is 10. The highest BCUT2D eigenvalue weighted by Gasteiger charge is 2.27. The normalized spacial score (nSPS) is 15.3. The van der Waals surface area contributed by atoms with Crippen molar-refractivity contribution in [2.75, 3.05) is 50.8 Å². The van der Waals surface area contributed by atoms with Crippen LogP contribution in [0.4, 0.5) is 17.1 Å². The Bertz CT molecular complexity index is 1000. The third kappa shape index (κ3) is 7.35. The van der Waals surface area contributed by atoms with E-state index < -0.39 is 10.4 Å². The number of hydrogen-bond donors (Lipinski definition) is 2. The van der Waals surface area contributed by atoms with E-state index in [1.165, 1.54) is 0 Å². The Labute approximate surface area is 192 Å². The zero-order chi connectivity index (χ0) is 23.7. The molecule has 3 rings (SSSR count). The van der Waals surface area contributed by atoms with Crippen LogP contribution in [0.5, 0.6) is 5.75 Å². The van der Waals surface area contributed by atoms with E-state index in [0.29, 0.717) is 6.54 Å². The highest BCUT2D eigenvalue weighted by Crippen LogP contribution is 2.44. The molecule has 176 valence electrons. The van der Waals surface area contributed by atoms with Crippen molar-refractivity contribution in [1.29, 1.82) is 0 Å². The van der Waals surface area contributed by atoms with Crippen molar-refractivity contribution in [3.05, 3.63) is 42.5 Å². The summed E-state index contributed by atoms with van der Waals surface area (Å²) in [7, 11) is 0.401. The quantitative estimate of drug-likeness (QED) is 0.427. The topological polar surface area (TPSA) is 124 Å². The molecule has 0 radical (unpaired) electrons. The molecule has 0 saturated carbocycles. The van der Waals surface area contributed by atoms with Crippen LogP contribution < -0.4 is 14.5 Å². The summed E-state index contributed by atoms with van der Waals surface area (Å²) in [5.74, 6) is 0.848. The molecule has 2 N–H and O–H groups in total. The molecule has 1 unspecified atom stereocenters. The van der Waals surface area contributed by atoms with Crippen LogP contribution >= 0.6 is 11.8 Å². The highest BCUT2D eigenvalue weighted by atomic mass is 32.3. The molecule has 1 aliphatic heterocycles. The molecule has 0 aromatic heterocycles. The third-order valence-electron chi connectivity index (χ3n) is 4.56. The number of aliphatic hydroxyl groups is 1. The average Bonchev–Trinajstić information content (AvgIpc) is 3.11. The summed E-state index contributed by atoms with van der Waals surface area (Å²) in [5.41, 5.74) is 2.94. The standard InChI is InChI=1S/C19H24N4O2S.CH4O4S/c1-4-23(11-12-24)15-7-5-14(6-8-15)20-21-19-22(2)17-10-9-16(25-3)13-18(17)26-19;1-5-6(2,3)4/h5-10,13,19,24H,4,11-12H2,1-3H3;1H3,(H,2,3,4). The summed E-state index contributed by atoms with van der Waals surface area (Å²) in [6, 6.07) is 14.0. The summed E-state index contributed by atoms with van der Waals surface area (Å²) >= 11 is 1.66. The first kappa shape index (κ1) is 25.9. The smallest absolute Gasteiger partial charge is 0.397 e. The van der Waals surface area contributed by atoms with Gasteiger partial charge >= 0.3 is 10.4 Å². The number of anilines is 2. The number of benzene rings is 2. The Balaban J connectivity index is 0.000000534. The van der Waals surface area contributed by atoms with E-state index in [9.17, 15) is 8.42 Å². The average molecular weight is 485 g/mol. The Kier molecular flexibility index (Phi) is 9.72. The number of thioether (sulfide) groups is 1. The van der Waals surface area contributed by atoms with Crippen LogP contribution in [0.1, 0.15) is 6.92 Å². The van der Waals surface area contributed by atoms with Gasteiger partial charge in [-0.2, -0.15) is 18.6 Å². The maximum Gasteiger partial charge on any atom is 0.397 e. The van der Waals surface area contributed by atoms with Gasteiger partial charge in [0.15, 0.2) is 5.50 Å². The number of likely N-dealkylation sites (N-methyl/N-ethyl adjacent to an activating group) is 1. The van der Waals surface area contributed by atoms with E-state index in [4.69, 9.17) is 14.4 Å². The predicted molar refractivity (Wildman–Crippen MR) is 126 cm³/mol. The van der Waals surface area contributed by atoms with Gasteiger partial charge in [-0.15, -0.1) is 0 Å². The van der Waals surface area contributed by atoms with Crippen LogP contribution in [0.25, 0.3) is 0 Å². The number of rotatable bonds is 8. The second-order valence-electron chi connectivity index (χ2n) is 6.52. The number of methoxy groups -OCH3 is 1. The molecule has 0 aliphatic carbocycles. The van der Waals surface area contributed by atoms with Crippen molar-refractivity contribution in [3.8, 4) is 5.75 Å². The molecular weight excluding hydrogens is 456 g/mol. The van der Waals surface area contributed by atoms with Crippen molar-refractivity contribution in [2.24, 2.45) is 10.2 Å². The van der Waals surface area contributed by atoms with Crippen molar-refractivity contribution in [3.63, 3.8) is 0 Å². The molecule has 32 heavy (non-hydrogen) atoms. The number of fused-ring (bicyclic) bond motifs is 1. The number of nitrogens with zero attached hydrogens (tertiary/aromatic N) is 4. The highest BCUT2D eigenvalue weighted by molar-refractivity contribution is 8.00. The molecule has 0 bridgehead atoms. The van der Waals surface area contributed by atoms with Gasteiger partial charge in [0.2, 0.25) is 0 Å². The minimum Gasteiger partial charge on any atom is -0.497 e. The SMILES string of the molecule is CCN(CCO)c1ccc(N=NC2Sc3cc(OC)ccc3N2C)cc1.COS(=O)(=O)O. The van der Waals surface area contributed by atoms with Gasteiger partial charge in [-0.05, 0) is 49.4 Å². The van der Waals surface area contributed by atoms with Crippen LogP contribution in [0, 0.1) is 0 Å². The van der Waals surface area contributed by atoms with Crippen LogP contribution in [0.15, 0.2) is 57.6 Å². The lowest BCUT2D eigenvalue weighted by molar-refractivity contribution is 0.302. The van der Waals surface area contributed by atoms with Crippen LogP contribution in [-0.4, -0.2) is 64.5 Å². The summed E-state index contributed by atoms with van der Waals surface area (Å²) in [6.07, 6.45) is 0. The lowest BCUT2D eigenvalue weighted by atomic mass is 10.2. The van der Waals surface area contributed by atoms with Crippen LogP contribution in [-0.2, 0) is 14.6 Å². The second-order valence-corrected chi connectivity index (χ2v) is 8.80. The van der Waals surface area contributed by atoms with Crippen LogP contribution in [0.3, 0.4) is 0 Å². The van der Waals surface area contributed by atoms with Gasteiger partial charge in [-0.25, -0.2) is 0 Å². The third-order valence-corrected chi connectivity index (χ3v) is 6.18. The van der Waals surface area contributed by atoms with E-state index in [1.54, 1.807) is 18.9 Å². The molecule has 0 saturated heterocycles. The minimum absolute atomic E-state index is 0.0849. The maximum absolute atomic E-state index is 9.33. The second kappa shape index (κ2) is 12.0. The van der Waals surface area contributed by atoms with Gasteiger partial charge in [0.05, 0.1) is 32.2 Å². The Hall–Kier alpha value is -2.38. The summed E-state index contributed by atoms with van der Waals surface area (Å²) in [6.45, 7) is 3.70. The molecule has 1 atom stereocenters. The van der Waals surface area contributed by atoms with Gasteiger partial charge in [-0.3, -0.25) is 8.74 Å². The fraction of sp³-hybridized carbons (Fsp3) is 0.400. The molecule has 0 spiro atoms. The number of aliphatic hydroxyl groups excluding tert-OH is 1. The first-order chi connectivity index (χ1) is 15.2. The first-order valence-corrected chi connectivity index (χ1v) is 11.9. The maximum atomic E-state index is 9.33. The minimum atomic E-state index is -4.16. The fourth-order valence-corrected chi connectivity index (χ4v) is 3.97. The summed E-state index contributed by atoms with van der Waals surface area (Å²) in [5, 5.41) is 18.0. The zero-order valence-corrected chi connectivity index (χ0v) is 20.0. The molecular formula is C20H28N4O6S2.